The van der Waals surface area contributed by atoms with Crippen molar-refractivity contribution in [1.82, 2.24) is 4.90 Å². The Morgan fingerprint density at radius 1 is 1.33 bits per heavy atom. The molecule has 0 N–H and O–H groups in total. The third-order valence-electron chi connectivity index (χ3n) is 3.60. The van der Waals surface area contributed by atoms with E-state index in [4.69, 9.17) is 0 Å². The average Bonchev–Trinajstić information content (AvgIpc) is 2.26. The van der Waals surface area contributed by atoms with E-state index in [1.807, 2.05) is 4.90 Å². The topological polar surface area (TPSA) is 20.3 Å². The Bertz CT molecular complexity index is 450. The van der Waals surface area contributed by atoms with Gasteiger partial charge in [-0.05, 0) is 0 Å². The van der Waals surface area contributed by atoms with E-state index < -0.39 is 18.4 Å². The molecule has 1 unspecified atom stereocenters. The van der Waals surface area contributed by atoms with E-state index in [1.54, 1.807) is 6.92 Å². The van der Waals surface area contributed by atoms with Gasteiger partial charge in [0.15, 0.2) is 0 Å². The van der Waals surface area contributed by atoms with Gasteiger partial charge >= 0.3 is 115 Å². The number of amides is 1. The Hall–Kier alpha value is -0.511. The second kappa shape index (κ2) is 5.23. The summed E-state index contributed by atoms with van der Waals surface area (Å²) in [6.07, 6.45) is 0. The van der Waals surface area contributed by atoms with Crippen LogP contribution in [-0.2, 0) is 11.3 Å². The van der Waals surface area contributed by atoms with Gasteiger partial charge in [0.2, 0.25) is 0 Å². The summed E-state index contributed by atoms with van der Waals surface area (Å²) in [5, 5.41) is 0. The summed E-state index contributed by atoms with van der Waals surface area (Å²) in [6.45, 7) is 3.40. The number of benzene rings is 1. The minimum atomic E-state index is -1.83. The van der Waals surface area contributed by atoms with Crippen molar-refractivity contribution in [1.29, 1.82) is 0 Å². The van der Waals surface area contributed by atoms with Crippen LogP contribution in [0.4, 0.5) is 0 Å². The molecule has 1 aliphatic heterocycles. The van der Waals surface area contributed by atoms with Crippen molar-refractivity contribution < 1.29 is 4.79 Å². The molecule has 1 aromatic carbocycles. The molecule has 98 valence electrons. The first kappa shape index (κ1) is 13.9. The Morgan fingerprint density at radius 3 is 2.61 bits per heavy atom. The van der Waals surface area contributed by atoms with E-state index in [-0.39, 0.29) is 5.91 Å². The van der Waals surface area contributed by atoms with Crippen LogP contribution in [0, 0.1) is 0 Å². The fraction of sp³-hybridized carbons (Fsp3) is 0.533. The van der Waals surface area contributed by atoms with Crippen LogP contribution < -0.4 is 0 Å². The van der Waals surface area contributed by atoms with E-state index in [0.29, 0.717) is 5.92 Å². The van der Waals surface area contributed by atoms with Crippen LogP contribution in [0.15, 0.2) is 24.3 Å². The van der Waals surface area contributed by atoms with Gasteiger partial charge in [0.1, 0.15) is 0 Å². The van der Waals surface area contributed by atoms with Crippen molar-refractivity contribution in [3.63, 3.8) is 0 Å². The molecule has 0 radical (unpaired) electrons. The van der Waals surface area contributed by atoms with Gasteiger partial charge in [-0.3, -0.25) is 0 Å². The first-order chi connectivity index (χ1) is 8.37. The van der Waals surface area contributed by atoms with Gasteiger partial charge in [-0.15, -0.1) is 0 Å². The monoisotopic (exact) mass is 353 g/mol. The summed E-state index contributed by atoms with van der Waals surface area (Å²) in [5.74, 6) is 0.772. The number of rotatable bonds is 2. The summed E-state index contributed by atoms with van der Waals surface area (Å²) in [6, 6.07) is 8.65. The Labute approximate surface area is 114 Å². The molecular weight excluding hydrogens is 329 g/mol. The van der Waals surface area contributed by atoms with Crippen LogP contribution in [0.3, 0.4) is 0 Å². The fourth-order valence-corrected chi connectivity index (χ4v) is 8.08. The Kier molecular flexibility index (Phi) is 4.05. The van der Waals surface area contributed by atoms with Crippen molar-refractivity contribution in [3.8, 4) is 0 Å². The number of nitrogens with zero attached hydrogens (tertiary/aromatic N) is 1. The van der Waals surface area contributed by atoms with Crippen LogP contribution in [-0.4, -0.2) is 35.7 Å². The van der Waals surface area contributed by atoms with Gasteiger partial charge in [0.05, 0.1) is 0 Å². The van der Waals surface area contributed by atoms with Crippen molar-refractivity contribution in [3.05, 3.63) is 35.4 Å². The first-order valence-corrected chi connectivity index (χ1v) is 17.3. The Morgan fingerprint density at radius 2 is 2.00 bits per heavy atom. The van der Waals surface area contributed by atoms with Crippen molar-refractivity contribution in [2.24, 2.45) is 0 Å². The van der Waals surface area contributed by atoms with E-state index in [0.717, 1.165) is 13.1 Å². The molecule has 0 aromatic heterocycles. The van der Waals surface area contributed by atoms with E-state index >= 15 is 0 Å². The molecular formula is C15H23NOSn. The molecule has 0 saturated carbocycles. The predicted molar refractivity (Wildman–Crippen MR) is 78.4 cm³/mol. The molecule has 2 nitrogen and oxygen atoms in total. The van der Waals surface area contributed by atoms with Crippen LogP contribution in [0.5, 0.6) is 0 Å². The molecule has 1 heterocycles. The summed E-state index contributed by atoms with van der Waals surface area (Å²) in [7, 11) is 0. The van der Waals surface area contributed by atoms with E-state index in [1.165, 1.54) is 15.6 Å². The number of carbonyl (C=O) groups is 1. The van der Waals surface area contributed by atoms with E-state index in [2.05, 4.69) is 39.1 Å². The van der Waals surface area contributed by atoms with Crippen molar-refractivity contribution >= 4 is 24.3 Å². The van der Waals surface area contributed by atoms with Gasteiger partial charge < -0.3 is 0 Å². The molecule has 0 saturated heterocycles. The summed E-state index contributed by atoms with van der Waals surface area (Å²) >= 11 is -1.83. The average molecular weight is 352 g/mol. The van der Waals surface area contributed by atoms with Crippen LogP contribution in [0.2, 0.25) is 19.3 Å². The van der Waals surface area contributed by atoms with Gasteiger partial charge in [-0.1, -0.05) is 0 Å². The zero-order valence-electron chi connectivity index (χ0n) is 11.9. The third kappa shape index (κ3) is 3.28. The minimum absolute atomic E-state index is 0.207. The van der Waals surface area contributed by atoms with Gasteiger partial charge in [-0.25, -0.2) is 0 Å². The summed E-state index contributed by atoms with van der Waals surface area (Å²) < 4.78 is 1.33. The number of fused-ring (bicyclic) bond motifs is 1. The molecule has 0 aliphatic carbocycles. The second-order valence-electron chi connectivity index (χ2n) is 6.56. The maximum absolute atomic E-state index is 11.7. The molecule has 0 spiro atoms. The molecule has 0 bridgehead atoms. The first-order valence-electron chi connectivity index (χ1n) is 6.70. The second-order valence-corrected chi connectivity index (χ2v) is 22.3. The molecule has 3 heteroatoms. The normalized spacial score (nSPS) is 19.6. The predicted octanol–water partition coefficient (Wildman–Crippen LogP) is 3.47. The van der Waals surface area contributed by atoms with E-state index in [9.17, 15) is 4.79 Å². The van der Waals surface area contributed by atoms with Crippen molar-refractivity contribution in [2.75, 3.05) is 6.54 Å². The molecule has 1 aromatic rings. The van der Waals surface area contributed by atoms with Crippen molar-refractivity contribution in [2.45, 2.75) is 38.6 Å². The third-order valence-corrected chi connectivity index (χ3v) is 8.50. The van der Waals surface area contributed by atoms with Crippen LogP contribution in [0.25, 0.3) is 0 Å². The number of carbonyl (C=O) groups excluding carboxylic acids is 1. The molecule has 0 fully saturated rings. The fourth-order valence-electron chi connectivity index (χ4n) is 2.86. The quantitative estimate of drug-likeness (QED) is 0.747. The molecule has 1 amide bonds. The molecule has 1 aliphatic rings. The van der Waals surface area contributed by atoms with Gasteiger partial charge in [0, 0.05) is 0 Å². The number of hydrogen-bond acceptors (Lipinski definition) is 1. The van der Waals surface area contributed by atoms with Gasteiger partial charge in [0.25, 0.3) is 0 Å². The summed E-state index contributed by atoms with van der Waals surface area (Å²) in [4.78, 5) is 21.1. The SMILES string of the molecule is CC(=O)N1Cc2ccccc2C([CH2][Sn]([CH3])([CH3])[CH3])C1. The maximum atomic E-state index is 11.7. The zero-order chi connectivity index (χ0) is 13.3. The molecule has 1 atom stereocenters. The Balaban J connectivity index is 2.30. The molecule has 18 heavy (non-hydrogen) atoms. The molecule has 2 rings (SSSR count). The number of hydrogen-bond donors (Lipinski definition) is 0. The zero-order valence-corrected chi connectivity index (χ0v) is 14.7. The summed E-state index contributed by atoms with van der Waals surface area (Å²) in [5.41, 5.74) is 2.83. The van der Waals surface area contributed by atoms with Gasteiger partial charge in [-0.2, -0.15) is 0 Å². The van der Waals surface area contributed by atoms with Crippen LogP contribution >= 0.6 is 0 Å². The standard InChI is InChI=1S/C12H14NO.3CH3.Sn/c1-9-7-13(10(2)14)8-11-5-3-4-6-12(9)11;;;;/h3-6,9H,1,7-8H2,2H3;3*1H3;. The van der Waals surface area contributed by atoms with Crippen LogP contribution in [0.1, 0.15) is 24.0 Å².